The zero-order valence-electron chi connectivity index (χ0n) is 18.9. The highest BCUT2D eigenvalue weighted by Gasteiger charge is 2.30. The molecule has 13 heteroatoms. The van der Waals surface area contributed by atoms with Crippen molar-refractivity contribution in [2.24, 2.45) is 0 Å². The van der Waals surface area contributed by atoms with Crippen molar-refractivity contribution in [3.8, 4) is 11.5 Å². The number of hydrogen-bond acceptors (Lipinski definition) is 8. The van der Waals surface area contributed by atoms with Crippen LogP contribution in [0.15, 0.2) is 51.9 Å². The molecule has 4 aromatic rings. The molecule has 0 unspecified atom stereocenters. The number of halogens is 3. The van der Waals surface area contributed by atoms with Gasteiger partial charge in [-0.1, -0.05) is 23.4 Å². The summed E-state index contributed by atoms with van der Waals surface area (Å²) >= 11 is 0. The highest BCUT2D eigenvalue weighted by atomic mass is 19.4. The van der Waals surface area contributed by atoms with Gasteiger partial charge in [0.1, 0.15) is 5.69 Å². The monoisotopic (exact) mass is 501 g/mol. The standard InChI is InChI=1S/C23H22F3N7O3/c24-23(25,26)14-9-10-17(29-13-14)21-30-19(36-33-21)8-3-7-18(34)27-11-4-12-28-20-15-5-1-2-6-16(15)22(35)32-31-20/h1-2,5-6,9-10,13H,3-4,7-8,11-12H2,(H,27,34)(H,28,31)(H,32,35). The second-order valence-electron chi connectivity index (χ2n) is 7.87. The number of benzene rings is 1. The summed E-state index contributed by atoms with van der Waals surface area (Å²) in [7, 11) is 0. The predicted molar refractivity (Wildman–Crippen MR) is 124 cm³/mol. The molecule has 0 aliphatic rings. The average molecular weight is 501 g/mol. The van der Waals surface area contributed by atoms with Crippen molar-refractivity contribution in [2.45, 2.75) is 31.9 Å². The van der Waals surface area contributed by atoms with E-state index in [0.717, 1.165) is 11.5 Å². The number of amides is 1. The largest absolute Gasteiger partial charge is 0.417 e. The average Bonchev–Trinajstić information content (AvgIpc) is 3.34. The molecule has 0 spiro atoms. The molecule has 0 saturated heterocycles. The Morgan fingerprint density at radius 2 is 1.86 bits per heavy atom. The van der Waals surface area contributed by atoms with E-state index in [-0.39, 0.29) is 35.3 Å². The zero-order chi connectivity index (χ0) is 25.5. The summed E-state index contributed by atoms with van der Waals surface area (Å²) in [6.45, 7) is 1.00. The minimum Gasteiger partial charge on any atom is -0.368 e. The molecule has 3 N–H and O–H groups in total. The van der Waals surface area contributed by atoms with Crippen molar-refractivity contribution < 1.29 is 22.5 Å². The normalized spacial score (nSPS) is 11.5. The molecule has 4 rings (SSSR count). The van der Waals surface area contributed by atoms with Crippen LogP contribution in [-0.2, 0) is 17.4 Å². The number of aromatic nitrogens is 5. The van der Waals surface area contributed by atoms with Crippen LogP contribution in [0.1, 0.15) is 30.7 Å². The minimum atomic E-state index is -4.47. The van der Waals surface area contributed by atoms with Gasteiger partial charge in [-0.05, 0) is 31.0 Å². The number of carbonyl (C=O) groups is 1. The van der Waals surface area contributed by atoms with Gasteiger partial charge in [0.05, 0.1) is 10.9 Å². The predicted octanol–water partition coefficient (Wildman–Crippen LogP) is 3.33. The number of nitrogens with one attached hydrogen (secondary N) is 3. The maximum atomic E-state index is 12.6. The molecule has 0 bridgehead atoms. The van der Waals surface area contributed by atoms with Crippen LogP contribution in [0.5, 0.6) is 0 Å². The Morgan fingerprint density at radius 3 is 2.61 bits per heavy atom. The molecule has 10 nitrogen and oxygen atoms in total. The smallest absolute Gasteiger partial charge is 0.368 e. The summed E-state index contributed by atoms with van der Waals surface area (Å²) < 4.78 is 43.0. The number of hydrogen-bond donors (Lipinski definition) is 3. The number of aryl methyl sites for hydroxylation is 1. The van der Waals surface area contributed by atoms with Gasteiger partial charge < -0.3 is 15.2 Å². The lowest BCUT2D eigenvalue weighted by Gasteiger charge is -2.08. The van der Waals surface area contributed by atoms with Gasteiger partial charge in [0.15, 0.2) is 5.82 Å². The number of nitrogens with zero attached hydrogens (tertiary/aromatic N) is 4. The van der Waals surface area contributed by atoms with Gasteiger partial charge in [-0.3, -0.25) is 14.6 Å². The quantitative estimate of drug-likeness (QED) is 0.281. The molecule has 0 atom stereocenters. The van der Waals surface area contributed by atoms with E-state index < -0.39 is 11.7 Å². The summed E-state index contributed by atoms with van der Waals surface area (Å²) in [4.78, 5) is 31.7. The molecule has 0 aliphatic carbocycles. The van der Waals surface area contributed by atoms with Gasteiger partial charge in [0, 0.05) is 37.5 Å². The first-order chi connectivity index (χ1) is 17.3. The van der Waals surface area contributed by atoms with Crippen LogP contribution in [0.4, 0.5) is 19.0 Å². The van der Waals surface area contributed by atoms with Crippen molar-refractivity contribution in [2.75, 3.05) is 18.4 Å². The van der Waals surface area contributed by atoms with Crippen LogP contribution in [0.2, 0.25) is 0 Å². The number of carbonyl (C=O) groups excluding carboxylic acids is 1. The third kappa shape index (κ3) is 6.23. The molecule has 0 fully saturated rings. The molecule has 36 heavy (non-hydrogen) atoms. The third-order valence-corrected chi connectivity index (χ3v) is 5.25. The Morgan fingerprint density at radius 1 is 1.06 bits per heavy atom. The van der Waals surface area contributed by atoms with Gasteiger partial charge in [0.25, 0.3) is 5.56 Å². The molecule has 3 heterocycles. The van der Waals surface area contributed by atoms with E-state index in [4.69, 9.17) is 4.52 Å². The SMILES string of the molecule is O=C(CCCc1nc(-c2ccc(C(F)(F)F)cn2)no1)NCCCNc1n[nH]c(=O)c2ccccc12. The summed E-state index contributed by atoms with van der Waals surface area (Å²) in [5, 5.41) is 17.5. The van der Waals surface area contributed by atoms with E-state index in [2.05, 4.69) is 36.0 Å². The molecular formula is C23H22F3N7O3. The third-order valence-electron chi connectivity index (χ3n) is 5.25. The lowest BCUT2D eigenvalue weighted by atomic mass is 10.2. The Hall–Kier alpha value is -4.29. The van der Waals surface area contributed by atoms with E-state index in [1.807, 2.05) is 12.1 Å². The molecule has 188 valence electrons. The number of fused-ring (bicyclic) bond motifs is 1. The second-order valence-corrected chi connectivity index (χ2v) is 7.87. The number of rotatable bonds is 10. The van der Waals surface area contributed by atoms with Gasteiger partial charge in [-0.25, -0.2) is 5.10 Å². The molecular weight excluding hydrogens is 479 g/mol. The molecule has 1 amide bonds. The number of pyridine rings is 1. The minimum absolute atomic E-state index is 0.0837. The van der Waals surface area contributed by atoms with Crippen LogP contribution in [-0.4, -0.2) is 44.3 Å². The van der Waals surface area contributed by atoms with E-state index >= 15 is 0 Å². The topological polar surface area (TPSA) is 139 Å². The van der Waals surface area contributed by atoms with Crippen LogP contribution in [0, 0.1) is 0 Å². The summed E-state index contributed by atoms with van der Waals surface area (Å²) in [5.41, 5.74) is -0.954. The van der Waals surface area contributed by atoms with E-state index in [9.17, 15) is 22.8 Å². The maximum Gasteiger partial charge on any atom is 0.417 e. The first-order valence-electron chi connectivity index (χ1n) is 11.2. The molecule has 0 saturated carbocycles. The molecule has 1 aromatic carbocycles. The Balaban J connectivity index is 1.15. The lowest BCUT2D eigenvalue weighted by molar-refractivity contribution is -0.137. The first kappa shape index (κ1) is 24.8. The lowest BCUT2D eigenvalue weighted by Crippen LogP contribution is -2.25. The summed E-state index contributed by atoms with van der Waals surface area (Å²) in [6, 6.07) is 9.23. The van der Waals surface area contributed by atoms with Gasteiger partial charge in [0.2, 0.25) is 17.6 Å². The summed E-state index contributed by atoms with van der Waals surface area (Å²) in [6.07, 6.45) is -2.07. The fraction of sp³-hybridized carbons (Fsp3) is 0.304. The highest BCUT2D eigenvalue weighted by molar-refractivity contribution is 5.90. The zero-order valence-corrected chi connectivity index (χ0v) is 18.9. The van der Waals surface area contributed by atoms with Gasteiger partial charge in [-0.2, -0.15) is 23.3 Å². The van der Waals surface area contributed by atoms with Crippen molar-refractivity contribution in [3.63, 3.8) is 0 Å². The van der Waals surface area contributed by atoms with Crippen LogP contribution in [0.25, 0.3) is 22.3 Å². The second kappa shape index (κ2) is 11.0. The van der Waals surface area contributed by atoms with E-state index in [1.165, 1.54) is 6.07 Å². The van der Waals surface area contributed by atoms with Gasteiger partial charge >= 0.3 is 6.18 Å². The highest BCUT2D eigenvalue weighted by Crippen LogP contribution is 2.29. The fourth-order valence-corrected chi connectivity index (χ4v) is 3.42. The van der Waals surface area contributed by atoms with Crippen LogP contribution in [0.3, 0.4) is 0 Å². The molecule has 0 radical (unpaired) electrons. The fourth-order valence-electron chi connectivity index (χ4n) is 3.42. The Labute approximate surface area is 202 Å². The summed E-state index contributed by atoms with van der Waals surface area (Å²) in [5.74, 6) is 0.790. The number of alkyl halides is 3. The van der Waals surface area contributed by atoms with Crippen LogP contribution < -0.4 is 16.2 Å². The van der Waals surface area contributed by atoms with Crippen LogP contribution >= 0.6 is 0 Å². The number of aromatic amines is 1. The molecule has 0 aliphatic heterocycles. The van der Waals surface area contributed by atoms with E-state index in [1.54, 1.807) is 12.1 Å². The van der Waals surface area contributed by atoms with Crippen molar-refractivity contribution >= 4 is 22.5 Å². The van der Waals surface area contributed by atoms with Gasteiger partial charge in [-0.15, -0.1) is 0 Å². The van der Waals surface area contributed by atoms with Crippen molar-refractivity contribution in [3.05, 3.63) is 64.4 Å². The molecule has 3 aromatic heterocycles. The Kier molecular flexibility index (Phi) is 7.56. The van der Waals surface area contributed by atoms with E-state index in [0.29, 0.717) is 49.8 Å². The first-order valence-corrected chi connectivity index (χ1v) is 11.2. The number of anilines is 1. The number of H-pyrrole nitrogens is 1. The van der Waals surface area contributed by atoms with Crippen molar-refractivity contribution in [1.29, 1.82) is 0 Å². The van der Waals surface area contributed by atoms with Crippen molar-refractivity contribution in [1.82, 2.24) is 30.6 Å². The maximum absolute atomic E-state index is 12.6. The Bertz CT molecular complexity index is 1380.